The van der Waals surface area contributed by atoms with Crippen LogP contribution in [-0.4, -0.2) is 35.0 Å². The Hall–Kier alpha value is -2.40. The third-order valence-electron chi connectivity index (χ3n) is 2.30. The van der Waals surface area contributed by atoms with E-state index in [1.165, 1.54) is 13.2 Å². The number of nitrogens with one attached hydrogen (secondary N) is 1. The van der Waals surface area contributed by atoms with E-state index < -0.39 is 33.1 Å². The van der Waals surface area contributed by atoms with Crippen molar-refractivity contribution < 1.29 is 26.5 Å². The number of ether oxygens (including phenoxy) is 1. The summed E-state index contributed by atoms with van der Waals surface area (Å²) in [4.78, 5) is 8.75. The van der Waals surface area contributed by atoms with Gasteiger partial charge in [0, 0.05) is 6.07 Å². The Morgan fingerprint density at radius 2 is 1.81 bits per heavy atom. The molecule has 11 heteroatoms. The van der Waals surface area contributed by atoms with Crippen LogP contribution in [0, 0.1) is 12.2 Å². The number of hydrogen-bond acceptors (Lipinski definition) is 7. The largest absolute Gasteiger partial charge is 0.495 e. The van der Waals surface area contributed by atoms with Gasteiger partial charge in [0.25, 0.3) is 10.1 Å². The second-order valence-corrected chi connectivity index (χ2v) is 5.08. The van der Waals surface area contributed by atoms with Crippen LogP contribution in [0.3, 0.4) is 0 Å². The first-order valence-corrected chi connectivity index (χ1v) is 6.73. The second-order valence-electron chi connectivity index (χ2n) is 3.66. The van der Waals surface area contributed by atoms with Gasteiger partial charge in [0.05, 0.1) is 17.7 Å². The highest BCUT2D eigenvalue weighted by molar-refractivity contribution is 7.85. The topological polar surface area (TPSA) is 114 Å². The van der Waals surface area contributed by atoms with Crippen LogP contribution in [0.5, 0.6) is 5.75 Å². The van der Waals surface area contributed by atoms with Crippen LogP contribution in [0.25, 0.3) is 0 Å². The highest BCUT2D eigenvalue weighted by Crippen LogP contribution is 2.29. The lowest BCUT2D eigenvalue weighted by Crippen LogP contribution is -2.06. The number of methoxy groups -OCH3 is 1. The molecule has 0 fully saturated rings. The van der Waals surface area contributed by atoms with E-state index in [4.69, 9.17) is 9.29 Å². The predicted octanol–water partition coefficient (Wildman–Crippen LogP) is 1.15. The van der Waals surface area contributed by atoms with Crippen LogP contribution in [0.15, 0.2) is 23.1 Å². The van der Waals surface area contributed by atoms with Crippen molar-refractivity contribution >= 4 is 21.8 Å². The molecule has 0 aliphatic rings. The fourth-order valence-electron chi connectivity index (χ4n) is 1.44. The molecule has 2 aromatic rings. The Kier molecular flexibility index (Phi) is 3.95. The van der Waals surface area contributed by atoms with E-state index in [-0.39, 0.29) is 11.4 Å². The number of aromatic nitrogens is 3. The summed E-state index contributed by atoms with van der Waals surface area (Å²) in [5.74, 6) is -0.441. The minimum atomic E-state index is -4.41. The van der Waals surface area contributed by atoms with Crippen molar-refractivity contribution in [1.82, 2.24) is 15.0 Å². The molecule has 0 aliphatic carbocycles. The van der Waals surface area contributed by atoms with Crippen molar-refractivity contribution in [3.05, 3.63) is 30.4 Å². The summed E-state index contributed by atoms with van der Waals surface area (Å²) in [5.41, 5.74) is 0.134. The average Bonchev–Trinajstić information content (AvgIpc) is 2.36. The van der Waals surface area contributed by atoms with Gasteiger partial charge in [0.1, 0.15) is 5.75 Å². The quantitative estimate of drug-likeness (QED) is 0.807. The van der Waals surface area contributed by atoms with Gasteiger partial charge in [0.2, 0.25) is 5.95 Å². The van der Waals surface area contributed by atoms with Crippen molar-refractivity contribution in [2.24, 2.45) is 0 Å². The first-order valence-electron chi connectivity index (χ1n) is 5.29. The first-order chi connectivity index (χ1) is 9.79. The lowest BCUT2D eigenvalue weighted by molar-refractivity contribution is 0.414. The van der Waals surface area contributed by atoms with Gasteiger partial charge in [-0.3, -0.25) is 4.55 Å². The van der Waals surface area contributed by atoms with E-state index in [1.54, 1.807) is 0 Å². The molecule has 1 aromatic heterocycles. The van der Waals surface area contributed by atoms with E-state index >= 15 is 0 Å². The summed E-state index contributed by atoms with van der Waals surface area (Å²) in [6.07, 6.45) is -2.64. The maximum atomic E-state index is 12.8. The zero-order valence-corrected chi connectivity index (χ0v) is 11.2. The molecule has 0 bridgehead atoms. The van der Waals surface area contributed by atoms with Gasteiger partial charge >= 0.3 is 12.2 Å². The molecule has 0 spiro atoms. The monoisotopic (exact) mass is 318 g/mol. The van der Waals surface area contributed by atoms with E-state index in [0.717, 1.165) is 12.1 Å². The van der Waals surface area contributed by atoms with Gasteiger partial charge < -0.3 is 10.1 Å². The second kappa shape index (κ2) is 5.54. The zero-order valence-electron chi connectivity index (χ0n) is 10.4. The van der Waals surface area contributed by atoms with Gasteiger partial charge in [-0.05, 0) is 12.1 Å². The Morgan fingerprint density at radius 3 is 2.33 bits per heavy atom. The number of hydrogen-bond donors (Lipinski definition) is 2. The molecule has 0 atom stereocenters. The summed E-state index contributed by atoms with van der Waals surface area (Å²) < 4.78 is 61.6. The van der Waals surface area contributed by atoms with Crippen LogP contribution in [0.2, 0.25) is 0 Å². The molecule has 1 aromatic carbocycles. The van der Waals surface area contributed by atoms with Crippen LogP contribution < -0.4 is 10.1 Å². The molecule has 0 amide bonds. The molecule has 0 saturated carbocycles. The Labute approximate surface area is 117 Å². The van der Waals surface area contributed by atoms with Crippen molar-refractivity contribution in [2.45, 2.75) is 4.90 Å². The maximum Gasteiger partial charge on any atom is 0.315 e. The summed E-state index contributed by atoms with van der Waals surface area (Å²) in [6, 6.07) is 3.29. The van der Waals surface area contributed by atoms with Crippen LogP contribution in [-0.2, 0) is 10.1 Å². The van der Waals surface area contributed by atoms with E-state index in [2.05, 4.69) is 20.3 Å². The standard InChI is InChI=1S/C10H8F2N4O4S/c1-20-7-4-5(21(17,18)19)2-3-6(7)13-10-15-8(11)14-9(12)16-10/h2-4H,1H3,(H,17,18,19)(H,13,14,15,16). The van der Waals surface area contributed by atoms with Crippen LogP contribution >= 0.6 is 0 Å². The molecule has 0 unspecified atom stereocenters. The molecular weight excluding hydrogens is 310 g/mol. The minimum absolute atomic E-state index is 0.00801. The molecule has 0 saturated heterocycles. The summed E-state index contributed by atoms with van der Waals surface area (Å²) in [5, 5.41) is 2.44. The van der Waals surface area contributed by atoms with Crippen molar-refractivity contribution in [1.29, 1.82) is 0 Å². The number of rotatable bonds is 4. The smallest absolute Gasteiger partial charge is 0.315 e. The molecule has 0 aliphatic heterocycles. The molecule has 2 N–H and O–H groups in total. The van der Waals surface area contributed by atoms with E-state index in [1.807, 2.05) is 0 Å². The van der Waals surface area contributed by atoms with Gasteiger partial charge in [-0.25, -0.2) is 0 Å². The number of anilines is 2. The van der Waals surface area contributed by atoms with Crippen molar-refractivity contribution in [3.8, 4) is 5.75 Å². The third kappa shape index (κ3) is 3.58. The SMILES string of the molecule is COc1cc(S(=O)(=O)O)ccc1Nc1nc(F)nc(F)n1. The number of halogens is 2. The highest BCUT2D eigenvalue weighted by atomic mass is 32.2. The van der Waals surface area contributed by atoms with Gasteiger partial charge in [-0.2, -0.15) is 32.2 Å². The summed E-state index contributed by atoms with van der Waals surface area (Å²) in [7, 11) is -3.17. The summed E-state index contributed by atoms with van der Waals surface area (Å²) >= 11 is 0. The normalized spacial score (nSPS) is 11.2. The number of benzene rings is 1. The third-order valence-corrected chi connectivity index (χ3v) is 3.15. The van der Waals surface area contributed by atoms with Crippen LogP contribution in [0.4, 0.5) is 20.4 Å². The molecule has 21 heavy (non-hydrogen) atoms. The fourth-order valence-corrected chi connectivity index (χ4v) is 1.93. The van der Waals surface area contributed by atoms with Gasteiger partial charge in [-0.15, -0.1) is 0 Å². The van der Waals surface area contributed by atoms with Crippen LogP contribution in [0.1, 0.15) is 0 Å². The number of nitrogens with zero attached hydrogens (tertiary/aromatic N) is 3. The maximum absolute atomic E-state index is 12.8. The van der Waals surface area contributed by atoms with Crippen molar-refractivity contribution in [3.63, 3.8) is 0 Å². The molecule has 112 valence electrons. The minimum Gasteiger partial charge on any atom is -0.495 e. The first kappa shape index (κ1) is 15.0. The molecule has 1 heterocycles. The lowest BCUT2D eigenvalue weighted by Gasteiger charge is -2.10. The highest BCUT2D eigenvalue weighted by Gasteiger charge is 2.14. The van der Waals surface area contributed by atoms with E-state index in [9.17, 15) is 17.2 Å². The van der Waals surface area contributed by atoms with Gasteiger partial charge in [0.15, 0.2) is 0 Å². The molecular formula is C10H8F2N4O4S. The Balaban J connectivity index is 2.40. The van der Waals surface area contributed by atoms with E-state index in [0.29, 0.717) is 0 Å². The van der Waals surface area contributed by atoms with Gasteiger partial charge in [-0.1, -0.05) is 0 Å². The Morgan fingerprint density at radius 1 is 1.19 bits per heavy atom. The fraction of sp³-hybridized carbons (Fsp3) is 0.100. The molecule has 8 nitrogen and oxygen atoms in total. The average molecular weight is 318 g/mol. The Bertz CT molecular complexity index is 764. The zero-order chi connectivity index (χ0) is 15.6. The summed E-state index contributed by atoms with van der Waals surface area (Å²) in [6.45, 7) is 0. The molecule has 0 radical (unpaired) electrons. The molecule has 2 rings (SSSR count). The lowest BCUT2D eigenvalue weighted by atomic mass is 10.3. The van der Waals surface area contributed by atoms with Crippen molar-refractivity contribution in [2.75, 3.05) is 12.4 Å². The predicted molar refractivity (Wildman–Crippen MR) is 65.8 cm³/mol.